The molecule has 1 aromatic carbocycles. The third-order valence-corrected chi connectivity index (χ3v) is 4.97. The van der Waals surface area contributed by atoms with E-state index in [1.807, 2.05) is 13.0 Å². The summed E-state index contributed by atoms with van der Waals surface area (Å²) in [6, 6.07) is 8.63. The Balaban J connectivity index is 1.70. The minimum Gasteiger partial charge on any atom is -0.369 e. The molecule has 0 bridgehead atoms. The zero-order valence-corrected chi connectivity index (χ0v) is 16.2. The van der Waals surface area contributed by atoms with E-state index in [1.165, 1.54) is 5.69 Å². The number of H-pyrrole nitrogens is 1. The Hall–Kier alpha value is -2.34. The van der Waals surface area contributed by atoms with Crippen molar-refractivity contribution in [1.82, 2.24) is 15.1 Å². The van der Waals surface area contributed by atoms with Crippen LogP contribution in [0.2, 0.25) is 0 Å². The van der Waals surface area contributed by atoms with Gasteiger partial charge in [-0.25, -0.2) is 0 Å². The van der Waals surface area contributed by atoms with E-state index >= 15 is 0 Å². The van der Waals surface area contributed by atoms with Crippen LogP contribution >= 0.6 is 0 Å². The summed E-state index contributed by atoms with van der Waals surface area (Å²) in [7, 11) is 0. The fraction of sp³-hybridized carbons (Fsp3) is 0.500. The molecule has 1 aromatic heterocycles. The number of hydrogen-bond acceptors (Lipinski definition) is 4. The lowest BCUT2D eigenvalue weighted by Gasteiger charge is -2.38. The summed E-state index contributed by atoms with van der Waals surface area (Å²) < 4.78 is 0. The lowest BCUT2D eigenvalue weighted by Crippen LogP contribution is -2.48. The van der Waals surface area contributed by atoms with Crippen molar-refractivity contribution >= 4 is 17.3 Å². The van der Waals surface area contributed by atoms with E-state index < -0.39 is 0 Å². The fourth-order valence-electron chi connectivity index (χ4n) is 3.37. The molecule has 2 heterocycles. The van der Waals surface area contributed by atoms with Crippen molar-refractivity contribution in [2.75, 3.05) is 36.4 Å². The second-order valence-electron chi connectivity index (χ2n) is 7.26. The topological polar surface area (TPSA) is 64.3 Å². The highest BCUT2D eigenvalue weighted by molar-refractivity contribution is 6.03. The van der Waals surface area contributed by atoms with Crippen LogP contribution in [0, 0.1) is 6.92 Å². The maximum Gasteiger partial charge on any atom is 0.276 e. The molecule has 1 saturated heterocycles. The Morgan fingerprint density at radius 1 is 1.19 bits per heavy atom. The number of rotatable bonds is 5. The third kappa shape index (κ3) is 4.25. The number of aromatic amines is 1. The van der Waals surface area contributed by atoms with Gasteiger partial charge in [0, 0.05) is 49.3 Å². The van der Waals surface area contributed by atoms with Gasteiger partial charge in [0.2, 0.25) is 0 Å². The molecule has 1 aliphatic heterocycles. The van der Waals surface area contributed by atoms with Crippen LogP contribution in [0.15, 0.2) is 24.3 Å². The van der Waals surface area contributed by atoms with Crippen LogP contribution in [-0.4, -0.2) is 53.2 Å². The van der Waals surface area contributed by atoms with Gasteiger partial charge in [-0.2, -0.15) is 5.10 Å². The molecule has 1 amide bonds. The highest BCUT2D eigenvalue weighted by atomic mass is 16.1. The van der Waals surface area contributed by atoms with Crippen molar-refractivity contribution in [2.24, 2.45) is 0 Å². The summed E-state index contributed by atoms with van der Waals surface area (Å²) in [5, 5.41) is 9.96. The van der Waals surface area contributed by atoms with E-state index in [1.54, 1.807) is 6.07 Å². The SMILES string of the molecule is CCc1cc(C(=O)Nc2cc(C)cc(N3CCN(C(C)C)CC3)c2)n[nH]1. The molecule has 2 N–H and O–H groups in total. The Kier molecular flexibility index (Phi) is 5.61. The standard InChI is InChI=1S/C20H29N5O/c1-5-16-13-19(23-22-16)20(26)21-17-10-15(4)11-18(12-17)25-8-6-24(7-9-25)14(2)3/h10-14H,5-9H2,1-4H3,(H,21,26)(H,22,23). The van der Waals surface area contributed by atoms with Crippen LogP contribution in [0.5, 0.6) is 0 Å². The van der Waals surface area contributed by atoms with Crippen molar-refractivity contribution < 1.29 is 4.79 Å². The van der Waals surface area contributed by atoms with E-state index in [-0.39, 0.29) is 5.91 Å². The quantitative estimate of drug-likeness (QED) is 0.865. The minimum absolute atomic E-state index is 0.179. The summed E-state index contributed by atoms with van der Waals surface area (Å²) in [4.78, 5) is 17.3. The number of anilines is 2. The molecule has 140 valence electrons. The van der Waals surface area contributed by atoms with Gasteiger partial charge in [0.1, 0.15) is 0 Å². The monoisotopic (exact) mass is 355 g/mol. The zero-order chi connectivity index (χ0) is 18.7. The van der Waals surface area contributed by atoms with Crippen LogP contribution < -0.4 is 10.2 Å². The number of carbonyl (C=O) groups excluding carboxylic acids is 1. The van der Waals surface area contributed by atoms with E-state index in [2.05, 4.69) is 58.2 Å². The van der Waals surface area contributed by atoms with Crippen molar-refractivity contribution in [3.8, 4) is 0 Å². The number of piperazine rings is 1. The van der Waals surface area contributed by atoms with E-state index in [0.29, 0.717) is 11.7 Å². The first-order valence-electron chi connectivity index (χ1n) is 9.42. The molecule has 1 aliphatic rings. The van der Waals surface area contributed by atoms with Crippen LogP contribution in [0.25, 0.3) is 0 Å². The Labute approximate surface area is 155 Å². The third-order valence-electron chi connectivity index (χ3n) is 4.97. The van der Waals surface area contributed by atoms with Gasteiger partial charge in [0.25, 0.3) is 5.91 Å². The highest BCUT2D eigenvalue weighted by Gasteiger charge is 2.20. The van der Waals surface area contributed by atoms with Gasteiger partial charge in [-0.1, -0.05) is 6.92 Å². The lowest BCUT2D eigenvalue weighted by atomic mass is 10.1. The fourth-order valence-corrected chi connectivity index (χ4v) is 3.37. The number of aryl methyl sites for hydroxylation is 2. The second-order valence-corrected chi connectivity index (χ2v) is 7.26. The maximum absolute atomic E-state index is 12.4. The first-order valence-corrected chi connectivity index (χ1v) is 9.42. The molecule has 0 atom stereocenters. The van der Waals surface area contributed by atoms with Crippen molar-refractivity contribution in [1.29, 1.82) is 0 Å². The number of benzene rings is 1. The Morgan fingerprint density at radius 2 is 1.92 bits per heavy atom. The molecule has 0 unspecified atom stereocenters. The maximum atomic E-state index is 12.4. The number of nitrogens with zero attached hydrogens (tertiary/aromatic N) is 3. The van der Waals surface area contributed by atoms with Gasteiger partial charge >= 0.3 is 0 Å². The Bertz CT molecular complexity index is 759. The highest BCUT2D eigenvalue weighted by Crippen LogP contribution is 2.24. The molecular weight excluding hydrogens is 326 g/mol. The van der Waals surface area contributed by atoms with E-state index in [4.69, 9.17) is 0 Å². The molecule has 6 nitrogen and oxygen atoms in total. The normalized spacial score (nSPS) is 15.5. The van der Waals surface area contributed by atoms with Gasteiger partial charge in [0.15, 0.2) is 5.69 Å². The first-order chi connectivity index (χ1) is 12.5. The largest absolute Gasteiger partial charge is 0.369 e. The molecule has 26 heavy (non-hydrogen) atoms. The Morgan fingerprint density at radius 3 is 2.54 bits per heavy atom. The molecule has 0 saturated carbocycles. The van der Waals surface area contributed by atoms with Gasteiger partial charge in [0.05, 0.1) is 0 Å². The molecule has 1 fully saturated rings. The smallest absolute Gasteiger partial charge is 0.276 e. The van der Waals surface area contributed by atoms with Crippen molar-refractivity contribution in [3.63, 3.8) is 0 Å². The average Bonchev–Trinajstić information content (AvgIpc) is 3.10. The predicted octanol–water partition coefficient (Wildman–Crippen LogP) is 3.06. The molecule has 6 heteroatoms. The molecule has 2 aromatic rings. The summed E-state index contributed by atoms with van der Waals surface area (Å²) in [5.41, 5.74) is 4.51. The molecular formula is C20H29N5O. The number of nitrogens with one attached hydrogen (secondary N) is 2. The van der Waals surface area contributed by atoms with Gasteiger partial charge in [-0.3, -0.25) is 14.8 Å². The van der Waals surface area contributed by atoms with E-state index in [9.17, 15) is 4.79 Å². The average molecular weight is 355 g/mol. The summed E-state index contributed by atoms with van der Waals surface area (Å²) >= 11 is 0. The zero-order valence-electron chi connectivity index (χ0n) is 16.2. The summed E-state index contributed by atoms with van der Waals surface area (Å²) in [6.07, 6.45) is 0.831. The number of carbonyl (C=O) groups is 1. The van der Waals surface area contributed by atoms with Crippen LogP contribution in [0.1, 0.15) is 42.5 Å². The second kappa shape index (κ2) is 7.91. The molecule has 0 radical (unpaired) electrons. The number of amides is 1. The van der Waals surface area contributed by atoms with E-state index in [0.717, 1.165) is 49.5 Å². The summed E-state index contributed by atoms with van der Waals surface area (Å²) in [5.74, 6) is -0.179. The number of hydrogen-bond donors (Lipinski definition) is 2. The first kappa shape index (κ1) is 18.5. The van der Waals surface area contributed by atoms with Gasteiger partial charge < -0.3 is 10.2 Å². The van der Waals surface area contributed by atoms with Crippen LogP contribution in [-0.2, 0) is 6.42 Å². The molecule has 3 rings (SSSR count). The van der Waals surface area contributed by atoms with Gasteiger partial charge in [-0.05, 0) is 57.0 Å². The van der Waals surface area contributed by atoms with Crippen molar-refractivity contribution in [3.05, 3.63) is 41.2 Å². The molecule has 0 aliphatic carbocycles. The van der Waals surface area contributed by atoms with Crippen molar-refractivity contribution in [2.45, 2.75) is 40.2 Å². The minimum atomic E-state index is -0.179. The van der Waals surface area contributed by atoms with Crippen LogP contribution in [0.4, 0.5) is 11.4 Å². The van der Waals surface area contributed by atoms with Crippen LogP contribution in [0.3, 0.4) is 0 Å². The predicted molar refractivity (Wildman–Crippen MR) is 106 cm³/mol. The lowest BCUT2D eigenvalue weighted by molar-refractivity contribution is 0.102. The van der Waals surface area contributed by atoms with Gasteiger partial charge in [-0.15, -0.1) is 0 Å². The molecule has 0 spiro atoms. The summed E-state index contributed by atoms with van der Waals surface area (Å²) in [6.45, 7) is 12.7. The number of aromatic nitrogens is 2.